The van der Waals surface area contributed by atoms with Crippen LogP contribution in [-0.2, 0) is 19.0 Å². The molecule has 6 saturated carbocycles. The SMILES string of the molecule is COC(=O)C12C3[C@@H]4[C@H]1C1[C@H]2[C@@H]3C4(Br)C12OCCO2. The number of esters is 1. The van der Waals surface area contributed by atoms with E-state index in [1.807, 2.05) is 0 Å². The Hall–Kier alpha value is -0.130. The number of methoxy groups -OCH3 is 1. The normalized spacial score (nSPS) is 69.9. The Morgan fingerprint density at radius 1 is 1.11 bits per heavy atom. The van der Waals surface area contributed by atoms with Crippen LogP contribution in [0.2, 0.25) is 0 Å². The van der Waals surface area contributed by atoms with Gasteiger partial charge in [0, 0.05) is 5.92 Å². The van der Waals surface area contributed by atoms with Gasteiger partial charge >= 0.3 is 5.97 Å². The molecule has 0 aromatic heterocycles. The van der Waals surface area contributed by atoms with Crippen LogP contribution >= 0.6 is 15.9 Å². The molecule has 0 aromatic carbocycles. The van der Waals surface area contributed by atoms with Crippen molar-refractivity contribution in [3.8, 4) is 0 Å². The molecule has 0 N–H and O–H groups in total. The lowest BCUT2D eigenvalue weighted by Gasteiger charge is -2.89. The van der Waals surface area contributed by atoms with E-state index in [9.17, 15) is 4.79 Å². The van der Waals surface area contributed by atoms with Crippen LogP contribution in [0.4, 0.5) is 0 Å². The van der Waals surface area contributed by atoms with Gasteiger partial charge in [-0.25, -0.2) is 0 Å². The van der Waals surface area contributed by atoms with Crippen LogP contribution in [0.3, 0.4) is 0 Å². The number of carbonyl (C=O) groups excluding carboxylic acids is 1. The maximum absolute atomic E-state index is 12.1. The standard InChI is InChI=1S/C13H13BrO4/c1-16-10(15)11-4-7-5(11)9-6(11)8(4)12(7,14)13(9)17-2-3-18-13/h4-9H,2-3H2,1H3/t4?,5-,6+,7-,8-,9?,11?,12?/m1/s1. The van der Waals surface area contributed by atoms with E-state index in [2.05, 4.69) is 15.9 Å². The van der Waals surface area contributed by atoms with E-state index in [1.165, 1.54) is 7.11 Å². The summed E-state index contributed by atoms with van der Waals surface area (Å²) in [6.07, 6.45) is 0. The van der Waals surface area contributed by atoms with E-state index >= 15 is 0 Å². The Morgan fingerprint density at radius 2 is 1.67 bits per heavy atom. The molecule has 7 aliphatic rings. The van der Waals surface area contributed by atoms with Gasteiger partial charge in [0.1, 0.15) is 0 Å². The number of halogens is 1. The summed E-state index contributed by atoms with van der Waals surface area (Å²) in [6.45, 7) is 1.39. The van der Waals surface area contributed by atoms with Gasteiger partial charge in [0.05, 0.1) is 30.1 Å². The van der Waals surface area contributed by atoms with Gasteiger partial charge in [-0.05, 0) is 29.6 Å². The van der Waals surface area contributed by atoms with E-state index in [4.69, 9.17) is 14.2 Å². The summed E-state index contributed by atoms with van der Waals surface area (Å²) in [4.78, 5) is 12.1. The lowest BCUT2D eigenvalue weighted by molar-refractivity contribution is -0.421. The fraction of sp³-hybridized carbons (Fsp3) is 0.923. The molecule has 0 amide bonds. The van der Waals surface area contributed by atoms with Crippen molar-refractivity contribution in [2.24, 2.45) is 40.9 Å². The number of hydrogen-bond donors (Lipinski definition) is 0. The van der Waals surface area contributed by atoms with Crippen LogP contribution < -0.4 is 0 Å². The average Bonchev–Trinajstić information content (AvgIpc) is 2.89. The highest BCUT2D eigenvalue weighted by atomic mass is 79.9. The van der Waals surface area contributed by atoms with E-state index < -0.39 is 5.79 Å². The Balaban J connectivity index is 1.53. The van der Waals surface area contributed by atoms with Crippen LogP contribution in [0.1, 0.15) is 0 Å². The molecule has 5 heteroatoms. The highest BCUT2D eigenvalue weighted by Crippen LogP contribution is 3.04. The Kier molecular flexibility index (Phi) is 1.19. The summed E-state index contributed by atoms with van der Waals surface area (Å²) >= 11 is 3.97. The summed E-state index contributed by atoms with van der Waals surface area (Å²) in [5, 5.41) is 0. The molecule has 1 heterocycles. The molecule has 2 bridgehead atoms. The maximum atomic E-state index is 12.1. The first-order chi connectivity index (χ1) is 8.67. The van der Waals surface area contributed by atoms with Crippen molar-refractivity contribution in [1.82, 2.24) is 0 Å². The predicted octanol–water partition coefficient (Wildman–Crippen LogP) is 0.788. The predicted molar refractivity (Wildman–Crippen MR) is 61.7 cm³/mol. The lowest BCUT2D eigenvalue weighted by Crippen LogP contribution is -2.94. The third-order valence-electron chi connectivity index (χ3n) is 7.17. The third kappa shape index (κ3) is 0.476. The maximum Gasteiger partial charge on any atom is 0.312 e. The minimum absolute atomic E-state index is 0.0109. The highest BCUT2D eigenvalue weighted by molar-refractivity contribution is 9.10. The van der Waals surface area contributed by atoms with Crippen LogP contribution in [0.25, 0.3) is 0 Å². The molecule has 4 unspecified atom stereocenters. The van der Waals surface area contributed by atoms with Crippen molar-refractivity contribution in [2.45, 2.75) is 10.1 Å². The number of hydrogen-bond acceptors (Lipinski definition) is 4. The van der Waals surface area contributed by atoms with Crippen molar-refractivity contribution >= 4 is 21.9 Å². The zero-order valence-corrected chi connectivity index (χ0v) is 11.5. The van der Waals surface area contributed by atoms with Gasteiger partial charge in [-0.15, -0.1) is 0 Å². The fourth-order valence-corrected chi connectivity index (χ4v) is 8.84. The molecule has 0 aromatic rings. The molecular weight excluding hydrogens is 300 g/mol. The zero-order valence-electron chi connectivity index (χ0n) is 9.89. The van der Waals surface area contributed by atoms with Gasteiger partial charge in [0.2, 0.25) is 0 Å². The Labute approximate surface area is 112 Å². The Morgan fingerprint density at radius 3 is 2.22 bits per heavy atom. The first-order valence-electron chi connectivity index (χ1n) is 6.72. The third-order valence-corrected chi connectivity index (χ3v) is 8.78. The largest absolute Gasteiger partial charge is 0.469 e. The van der Waals surface area contributed by atoms with Crippen LogP contribution in [-0.4, -0.2) is 36.4 Å². The molecule has 4 nitrogen and oxygen atoms in total. The lowest BCUT2D eigenvalue weighted by atomic mass is 9.13. The fourth-order valence-electron chi connectivity index (χ4n) is 7.20. The molecule has 0 radical (unpaired) electrons. The summed E-state index contributed by atoms with van der Waals surface area (Å²) in [7, 11) is 1.52. The number of carbonyl (C=O) groups is 1. The minimum atomic E-state index is -0.414. The molecule has 96 valence electrons. The van der Waals surface area contributed by atoms with E-state index in [0.717, 1.165) is 0 Å². The quantitative estimate of drug-likeness (QED) is 0.530. The van der Waals surface area contributed by atoms with Crippen molar-refractivity contribution in [1.29, 1.82) is 0 Å². The molecule has 1 aliphatic heterocycles. The first kappa shape index (κ1) is 9.72. The van der Waals surface area contributed by atoms with Gasteiger partial charge in [0.15, 0.2) is 5.79 Å². The molecule has 1 saturated heterocycles. The first-order valence-corrected chi connectivity index (χ1v) is 7.52. The zero-order chi connectivity index (χ0) is 12.1. The summed E-state index contributed by atoms with van der Waals surface area (Å²) in [5.74, 6) is 2.63. The van der Waals surface area contributed by atoms with Gasteiger partial charge in [0.25, 0.3) is 0 Å². The van der Waals surface area contributed by atoms with Crippen molar-refractivity contribution in [2.75, 3.05) is 20.3 Å². The van der Waals surface area contributed by atoms with Gasteiger partial charge in [-0.1, -0.05) is 15.9 Å². The molecule has 18 heavy (non-hydrogen) atoms. The monoisotopic (exact) mass is 312 g/mol. The molecule has 7 rings (SSSR count). The number of rotatable bonds is 1. The molecular formula is C13H13BrO4. The van der Waals surface area contributed by atoms with Crippen LogP contribution in [0.15, 0.2) is 0 Å². The van der Waals surface area contributed by atoms with Crippen molar-refractivity contribution < 1.29 is 19.0 Å². The smallest absolute Gasteiger partial charge is 0.312 e. The van der Waals surface area contributed by atoms with E-state index in [0.29, 0.717) is 48.7 Å². The second kappa shape index (κ2) is 2.21. The molecule has 6 aliphatic carbocycles. The highest BCUT2D eigenvalue weighted by Gasteiger charge is 3.10. The molecule has 1 spiro atoms. The topological polar surface area (TPSA) is 44.8 Å². The average molecular weight is 313 g/mol. The summed E-state index contributed by atoms with van der Waals surface area (Å²) in [5.41, 5.74) is -0.134. The van der Waals surface area contributed by atoms with Crippen molar-refractivity contribution in [3.05, 3.63) is 0 Å². The van der Waals surface area contributed by atoms with E-state index in [1.54, 1.807) is 0 Å². The van der Waals surface area contributed by atoms with Gasteiger partial charge in [-0.2, -0.15) is 0 Å². The molecule has 8 atom stereocenters. The van der Waals surface area contributed by atoms with E-state index in [-0.39, 0.29) is 15.7 Å². The second-order valence-corrected chi connectivity index (χ2v) is 8.02. The van der Waals surface area contributed by atoms with Crippen LogP contribution in [0.5, 0.6) is 0 Å². The number of ether oxygens (including phenoxy) is 3. The summed E-state index contributed by atoms with van der Waals surface area (Å²) in [6, 6.07) is 0. The Bertz CT molecular complexity index is 505. The van der Waals surface area contributed by atoms with Gasteiger partial charge in [-0.3, -0.25) is 4.79 Å². The van der Waals surface area contributed by atoms with Crippen molar-refractivity contribution in [3.63, 3.8) is 0 Å². The van der Waals surface area contributed by atoms with Crippen LogP contribution in [0, 0.1) is 40.9 Å². The minimum Gasteiger partial charge on any atom is -0.469 e. The van der Waals surface area contributed by atoms with Gasteiger partial charge < -0.3 is 14.2 Å². The number of alkyl halides is 1. The second-order valence-electron chi connectivity index (χ2n) is 6.71. The summed E-state index contributed by atoms with van der Waals surface area (Å²) < 4.78 is 17.2. The molecule has 7 fully saturated rings.